The lowest BCUT2D eigenvalue weighted by Crippen LogP contribution is -2.30. The summed E-state index contributed by atoms with van der Waals surface area (Å²) in [5, 5.41) is 0. The quantitative estimate of drug-likeness (QED) is 0.855. The number of nitrogens with zero attached hydrogens (tertiary/aromatic N) is 1. The maximum atomic E-state index is 12.7. The van der Waals surface area contributed by atoms with Crippen molar-refractivity contribution < 1.29 is 9.53 Å². The number of likely N-dealkylation sites (tertiary alicyclic amines) is 1. The molecule has 2 aromatic carbocycles. The number of methoxy groups -OCH3 is 1. The van der Waals surface area contributed by atoms with E-state index >= 15 is 0 Å². The Bertz CT molecular complexity index is 714. The van der Waals surface area contributed by atoms with Crippen LogP contribution in [0.5, 0.6) is 5.75 Å². The molecular weight excluding hydrogens is 300 g/mol. The summed E-state index contributed by atoms with van der Waals surface area (Å²) in [6.07, 6.45) is 3.23. The highest BCUT2D eigenvalue weighted by molar-refractivity contribution is 5.77. The first-order valence-electron chi connectivity index (χ1n) is 8.46. The van der Waals surface area contributed by atoms with Gasteiger partial charge in [0, 0.05) is 18.7 Å². The molecular formula is C20H24N2O2. The number of nitrogens with two attached hydrogens (primary N) is 1. The third-order valence-corrected chi connectivity index (χ3v) is 4.72. The summed E-state index contributed by atoms with van der Waals surface area (Å²) in [7, 11) is 1.67. The molecule has 1 aliphatic rings. The van der Waals surface area contributed by atoms with Crippen LogP contribution in [0.15, 0.2) is 48.5 Å². The average Bonchev–Trinajstić information content (AvgIpc) is 3.11. The van der Waals surface area contributed by atoms with E-state index in [1.54, 1.807) is 7.11 Å². The molecule has 126 valence electrons. The number of para-hydroxylation sites is 1. The molecule has 1 amide bonds. The van der Waals surface area contributed by atoms with E-state index in [0.29, 0.717) is 12.8 Å². The van der Waals surface area contributed by atoms with Gasteiger partial charge in [-0.05, 0) is 48.6 Å². The molecule has 1 unspecified atom stereocenters. The van der Waals surface area contributed by atoms with Gasteiger partial charge in [0.15, 0.2) is 0 Å². The Hall–Kier alpha value is -2.49. The van der Waals surface area contributed by atoms with Gasteiger partial charge >= 0.3 is 0 Å². The van der Waals surface area contributed by atoms with Crippen LogP contribution < -0.4 is 10.5 Å². The molecule has 1 atom stereocenters. The highest BCUT2D eigenvalue weighted by Crippen LogP contribution is 2.34. The average molecular weight is 324 g/mol. The Morgan fingerprint density at radius 2 is 2.08 bits per heavy atom. The lowest BCUT2D eigenvalue weighted by molar-refractivity contribution is -0.132. The molecule has 1 aliphatic heterocycles. The summed E-state index contributed by atoms with van der Waals surface area (Å²) in [5.41, 5.74) is 8.93. The van der Waals surface area contributed by atoms with Crippen molar-refractivity contribution in [2.24, 2.45) is 0 Å². The van der Waals surface area contributed by atoms with Crippen molar-refractivity contribution >= 4 is 11.6 Å². The number of benzene rings is 2. The summed E-state index contributed by atoms with van der Waals surface area (Å²) in [6.45, 7) is 0.824. The molecule has 0 aromatic heterocycles. The first-order valence-corrected chi connectivity index (χ1v) is 8.46. The predicted molar refractivity (Wildman–Crippen MR) is 95.9 cm³/mol. The minimum Gasteiger partial charge on any atom is -0.497 e. The molecule has 1 fully saturated rings. The minimum absolute atomic E-state index is 0.153. The van der Waals surface area contributed by atoms with E-state index in [4.69, 9.17) is 10.5 Å². The van der Waals surface area contributed by atoms with Gasteiger partial charge in [0.05, 0.1) is 13.2 Å². The monoisotopic (exact) mass is 324 g/mol. The molecule has 1 saturated heterocycles. The number of carbonyl (C=O) groups excluding carboxylic acids is 1. The molecule has 4 heteroatoms. The number of ether oxygens (including phenoxy) is 1. The van der Waals surface area contributed by atoms with Crippen molar-refractivity contribution in [2.45, 2.75) is 31.7 Å². The van der Waals surface area contributed by atoms with Gasteiger partial charge in [0.2, 0.25) is 5.91 Å². The standard InChI is InChI=1S/C20H24N2O2/c1-24-17-8-4-7-16(14-17)19-10-5-13-22(19)20(23)12-11-15-6-2-3-9-18(15)21/h2-4,6-9,14,19H,5,10-13,21H2,1H3. The number of hydrogen-bond donors (Lipinski definition) is 1. The van der Waals surface area contributed by atoms with Crippen molar-refractivity contribution in [2.75, 3.05) is 19.4 Å². The molecule has 0 saturated carbocycles. The number of nitrogen functional groups attached to an aromatic ring is 1. The lowest BCUT2D eigenvalue weighted by Gasteiger charge is -2.25. The van der Waals surface area contributed by atoms with Crippen LogP contribution in [0.2, 0.25) is 0 Å². The van der Waals surface area contributed by atoms with Crippen LogP contribution in [0.4, 0.5) is 5.69 Å². The van der Waals surface area contributed by atoms with Crippen LogP contribution >= 0.6 is 0 Å². The molecule has 1 heterocycles. The van der Waals surface area contributed by atoms with E-state index in [-0.39, 0.29) is 11.9 Å². The zero-order chi connectivity index (χ0) is 16.9. The normalized spacial score (nSPS) is 17.0. The fourth-order valence-corrected chi connectivity index (χ4v) is 3.41. The largest absolute Gasteiger partial charge is 0.497 e. The number of hydrogen-bond acceptors (Lipinski definition) is 3. The molecule has 24 heavy (non-hydrogen) atoms. The van der Waals surface area contributed by atoms with E-state index in [1.807, 2.05) is 47.4 Å². The Balaban J connectivity index is 1.68. The van der Waals surface area contributed by atoms with Gasteiger partial charge in [-0.15, -0.1) is 0 Å². The number of amides is 1. The van der Waals surface area contributed by atoms with E-state index in [0.717, 1.165) is 42.0 Å². The smallest absolute Gasteiger partial charge is 0.223 e. The zero-order valence-corrected chi connectivity index (χ0v) is 14.1. The Morgan fingerprint density at radius 3 is 2.88 bits per heavy atom. The first-order chi connectivity index (χ1) is 11.7. The molecule has 2 aromatic rings. The molecule has 0 aliphatic carbocycles. The molecule has 0 bridgehead atoms. The predicted octanol–water partition coefficient (Wildman–Crippen LogP) is 3.57. The highest BCUT2D eigenvalue weighted by Gasteiger charge is 2.29. The van der Waals surface area contributed by atoms with Crippen LogP contribution in [-0.4, -0.2) is 24.5 Å². The molecule has 4 nitrogen and oxygen atoms in total. The van der Waals surface area contributed by atoms with Gasteiger partial charge in [0.1, 0.15) is 5.75 Å². The maximum Gasteiger partial charge on any atom is 0.223 e. The fraction of sp³-hybridized carbons (Fsp3) is 0.350. The molecule has 3 rings (SSSR count). The SMILES string of the molecule is COc1cccc(C2CCCN2C(=O)CCc2ccccc2N)c1. The number of carbonyl (C=O) groups is 1. The van der Waals surface area contributed by atoms with Gasteiger partial charge in [0.25, 0.3) is 0 Å². The van der Waals surface area contributed by atoms with Gasteiger partial charge in [-0.3, -0.25) is 4.79 Å². The fourth-order valence-electron chi connectivity index (χ4n) is 3.41. The highest BCUT2D eigenvalue weighted by atomic mass is 16.5. The Labute approximate surface area is 143 Å². The second-order valence-corrected chi connectivity index (χ2v) is 6.22. The molecule has 2 N–H and O–H groups in total. The van der Waals surface area contributed by atoms with Crippen molar-refractivity contribution in [1.29, 1.82) is 0 Å². The molecule has 0 spiro atoms. The van der Waals surface area contributed by atoms with Crippen molar-refractivity contribution in [1.82, 2.24) is 4.90 Å². The van der Waals surface area contributed by atoms with E-state index in [9.17, 15) is 4.79 Å². The van der Waals surface area contributed by atoms with E-state index in [2.05, 4.69) is 6.07 Å². The topological polar surface area (TPSA) is 55.6 Å². The minimum atomic E-state index is 0.153. The van der Waals surface area contributed by atoms with Gasteiger partial charge in [-0.1, -0.05) is 30.3 Å². The lowest BCUT2D eigenvalue weighted by atomic mass is 10.0. The molecule has 0 radical (unpaired) electrons. The van der Waals surface area contributed by atoms with Crippen LogP contribution in [0.25, 0.3) is 0 Å². The number of aryl methyl sites for hydroxylation is 1. The van der Waals surface area contributed by atoms with Gasteiger partial charge < -0.3 is 15.4 Å². The summed E-state index contributed by atoms with van der Waals surface area (Å²) in [4.78, 5) is 14.7. The third kappa shape index (κ3) is 3.53. The Kier molecular flexibility index (Phi) is 5.04. The van der Waals surface area contributed by atoms with Crippen LogP contribution in [0.1, 0.15) is 36.4 Å². The second kappa shape index (κ2) is 7.39. The summed E-state index contributed by atoms with van der Waals surface area (Å²) >= 11 is 0. The van der Waals surface area contributed by atoms with Crippen LogP contribution in [-0.2, 0) is 11.2 Å². The van der Waals surface area contributed by atoms with Crippen molar-refractivity contribution in [3.8, 4) is 5.75 Å². The third-order valence-electron chi connectivity index (χ3n) is 4.72. The summed E-state index contributed by atoms with van der Waals surface area (Å²) in [6, 6.07) is 15.9. The van der Waals surface area contributed by atoms with E-state index < -0.39 is 0 Å². The second-order valence-electron chi connectivity index (χ2n) is 6.22. The maximum absolute atomic E-state index is 12.7. The van der Waals surface area contributed by atoms with Gasteiger partial charge in [-0.2, -0.15) is 0 Å². The van der Waals surface area contributed by atoms with Crippen LogP contribution in [0, 0.1) is 0 Å². The van der Waals surface area contributed by atoms with Crippen molar-refractivity contribution in [3.05, 3.63) is 59.7 Å². The van der Waals surface area contributed by atoms with Crippen molar-refractivity contribution in [3.63, 3.8) is 0 Å². The van der Waals surface area contributed by atoms with Gasteiger partial charge in [-0.25, -0.2) is 0 Å². The summed E-state index contributed by atoms with van der Waals surface area (Å²) < 4.78 is 5.31. The van der Waals surface area contributed by atoms with E-state index in [1.165, 1.54) is 0 Å². The first kappa shape index (κ1) is 16.4. The van der Waals surface area contributed by atoms with Crippen LogP contribution in [0.3, 0.4) is 0 Å². The number of anilines is 1. The zero-order valence-electron chi connectivity index (χ0n) is 14.1. The number of rotatable bonds is 5. The Morgan fingerprint density at radius 1 is 1.25 bits per heavy atom. The summed E-state index contributed by atoms with van der Waals surface area (Å²) in [5.74, 6) is 1.03.